The van der Waals surface area contributed by atoms with Gasteiger partial charge in [0.2, 0.25) is 5.91 Å². The summed E-state index contributed by atoms with van der Waals surface area (Å²) < 4.78 is 0. The van der Waals surface area contributed by atoms with E-state index in [4.69, 9.17) is 0 Å². The fourth-order valence-corrected chi connectivity index (χ4v) is 2.46. The highest BCUT2D eigenvalue weighted by Gasteiger charge is 2.21. The lowest BCUT2D eigenvalue weighted by atomic mass is 9.95. The molecule has 0 aliphatic carbocycles. The van der Waals surface area contributed by atoms with Crippen LogP contribution in [0, 0.1) is 5.41 Å². The summed E-state index contributed by atoms with van der Waals surface area (Å²) in [6, 6.07) is 16.2. The second kappa shape index (κ2) is 6.96. The summed E-state index contributed by atoms with van der Waals surface area (Å²) >= 11 is 0. The number of hydrogen-bond donors (Lipinski definition) is 2. The van der Waals surface area contributed by atoms with E-state index >= 15 is 0 Å². The number of carbonyl (C=O) groups is 2. The molecule has 0 saturated heterocycles. The average Bonchev–Trinajstić information content (AvgIpc) is 2.61. The largest absolute Gasteiger partial charge is 0.326 e. The molecule has 2 amide bonds. The standard InChI is InChI=1S/C21H21N3O2/c1-21(2,3)20(26)23-15-8-4-7-14(13-15)19(25)24-18-11-5-10-17-16(18)9-6-12-22-17/h4-13H,1-3H3,(H,23,26)(H,24,25). The van der Waals surface area contributed by atoms with E-state index in [1.54, 1.807) is 30.5 Å². The number of carbonyl (C=O) groups excluding carboxylic acids is 2. The fourth-order valence-electron chi connectivity index (χ4n) is 2.46. The number of rotatable bonds is 3. The lowest BCUT2D eigenvalue weighted by Crippen LogP contribution is -2.27. The van der Waals surface area contributed by atoms with Gasteiger partial charge in [-0.15, -0.1) is 0 Å². The Hall–Kier alpha value is -3.21. The van der Waals surface area contributed by atoms with Gasteiger partial charge in [0, 0.05) is 28.2 Å². The molecule has 1 heterocycles. The number of fused-ring (bicyclic) bond motifs is 1. The minimum atomic E-state index is -0.506. The number of nitrogens with zero attached hydrogens (tertiary/aromatic N) is 1. The first-order valence-electron chi connectivity index (χ1n) is 8.41. The molecule has 132 valence electrons. The van der Waals surface area contributed by atoms with Gasteiger partial charge in [0.25, 0.3) is 5.91 Å². The van der Waals surface area contributed by atoms with Crippen LogP contribution in [0.2, 0.25) is 0 Å². The van der Waals surface area contributed by atoms with Gasteiger partial charge in [-0.1, -0.05) is 32.9 Å². The van der Waals surface area contributed by atoms with Crippen LogP contribution >= 0.6 is 0 Å². The zero-order chi connectivity index (χ0) is 18.7. The van der Waals surface area contributed by atoms with E-state index in [-0.39, 0.29) is 11.8 Å². The molecule has 1 aromatic heterocycles. The first-order valence-corrected chi connectivity index (χ1v) is 8.41. The van der Waals surface area contributed by atoms with Gasteiger partial charge in [-0.25, -0.2) is 0 Å². The van der Waals surface area contributed by atoms with E-state index < -0.39 is 5.41 Å². The predicted octanol–water partition coefficient (Wildman–Crippen LogP) is 4.47. The van der Waals surface area contributed by atoms with Crippen molar-refractivity contribution in [3.8, 4) is 0 Å². The van der Waals surface area contributed by atoms with Crippen molar-refractivity contribution < 1.29 is 9.59 Å². The Kier molecular flexibility index (Phi) is 4.71. The van der Waals surface area contributed by atoms with Crippen molar-refractivity contribution in [2.24, 2.45) is 5.41 Å². The highest BCUT2D eigenvalue weighted by atomic mass is 16.2. The molecule has 0 bridgehead atoms. The third-order valence-electron chi connectivity index (χ3n) is 3.96. The van der Waals surface area contributed by atoms with Crippen molar-refractivity contribution in [2.75, 3.05) is 10.6 Å². The van der Waals surface area contributed by atoms with Crippen LogP contribution in [-0.2, 0) is 4.79 Å². The lowest BCUT2D eigenvalue weighted by Gasteiger charge is -2.18. The summed E-state index contributed by atoms with van der Waals surface area (Å²) in [5.74, 6) is -0.344. The molecule has 0 aliphatic rings. The number of benzene rings is 2. The maximum atomic E-state index is 12.6. The van der Waals surface area contributed by atoms with Gasteiger partial charge in [-0.3, -0.25) is 14.6 Å². The third-order valence-corrected chi connectivity index (χ3v) is 3.96. The second-order valence-electron chi connectivity index (χ2n) is 7.11. The summed E-state index contributed by atoms with van der Waals surface area (Å²) in [6.07, 6.45) is 1.72. The van der Waals surface area contributed by atoms with Gasteiger partial charge in [-0.2, -0.15) is 0 Å². The molecule has 0 saturated carbocycles. The molecule has 3 rings (SSSR count). The zero-order valence-corrected chi connectivity index (χ0v) is 15.0. The maximum Gasteiger partial charge on any atom is 0.255 e. The van der Waals surface area contributed by atoms with Crippen molar-refractivity contribution in [1.82, 2.24) is 4.98 Å². The molecule has 2 N–H and O–H groups in total. The van der Waals surface area contributed by atoms with Gasteiger partial charge in [0.1, 0.15) is 0 Å². The zero-order valence-electron chi connectivity index (χ0n) is 15.0. The van der Waals surface area contributed by atoms with Crippen molar-refractivity contribution in [3.05, 3.63) is 66.4 Å². The number of amides is 2. The molecular weight excluding hydrogens is 326 g/mol. The van der Waals surface area contributed by atoms with E-state index in [0.717, 1.165) is 10.9 Å². The van der Waals surface area contributed by atoms with Crippen LogP contribution < -0.4 is 10.6 Å². The summed E-state index contributed by atoms with van der Waals surface area (Å²) in [7, 11) is 0. The number of aromatic nitrogens is 1. The molecule has 0 radical (unpaired) electrons. The number of pyridine rings is 1. The third kappa shape index (κ3) is 3.88. The maximum absolute atomic E-state index is 12.6. The lowest BCUT2D eigenvalue weighted by molar-refractivity contribution is -0.123. The molecule has 0 fully saturated rings. The quantitative estimate of drug-likeness (QED) is 0.734. The predicted molar refractivity (Wildman–Crippen MR) is 104 cm³/mol. The molecule has 3 aromatic rings. The summed E-state index contributed by atoms with van der Waals surface area (Å²) in [5.41, 5.74) is 2.07. The molecule has 0 unspecified atom stereocenters. The highest BCUT2D eigenvalue weighted by molar-refractivity contribution is 6.09. The van der Waals surface area contributed by atoms with Gasteiger partial charge in [-0.05, 0) is 42.5 Å². The Bertz CT molecular complexity index is 969. The molecular formula is C21H21N3O2. The average molecular weight is 347 g/mol. The van der Waals surface area contributed by atoms with Crippen LogP contribution in [0.15, 0.2) is 60.8 Å². The molecule has 0 spiro atoms. The van der Waals surface area contributed by atoms with Crippen molar-refractivity contribution in [2.45, 2.75) is 20.8 Å². The van der Waals surface area contributed by atoms with Crippen LogP contribution in [0.5, 0.6) is 0 Å². The first-order chi connectivity index (χ1) is 12.3. The van der Waals surface area contributed by atoms with Crippen LogP contribution in [-0.4, -0.2) is 16.8 Å². The molecule has 2 aromatic carbocycles. The van der Waals surface area contributed by atoms with E-state index in [9.17, 15) is 9.59 Å². The Morgan fingerprint density at radius 1 is 0.923 bits per heavy atom. The van der Waals surface area contributed by atoms with E-state index in [2.05, 4.69) is 15.6 Å². The van der Waals surface area contributed by atoms with E-state index in [0.29, 0.717) is 16.9 Å². The molecule has 5 nitrogen and oxygen atoms in total. The number of anilines is 2. The monoisotopic (exact) mass is 347 g/mol. The first kappa shape index (κ1) is 17.6. The Morgan fingerprint density at radius 3 is 2.46 bits per heavy atom. The molecule has 0 aliphatic heterocycles. The summed E-state index contributed by atoms with van der Waals surface area (Å²) in [6.45, 7) is 5.52. The van der Waals surface area contributed by atoms with Crippen LogP contribution in [0.4, 0.5) is 11.4 Å². The fraction of sp³-hybridized carbons (Fsp3) is 0.190. The highest BCUT2D eigenvalue weighted by Crippen LogP contribution is 2.23. The van der Waals surface area contributed by atoms with Crippen LogP contribution in [0.3, 0.4) is 0 Å². The summed E-state index contributed by atoms with van der Waals surface area (Å²) in [5, 5.41) is 6.64. The van der Waals surface area contributed by atoms with Gasteiger partial charge in [0.15, 0.2) is 0 Å². The van der Waals surface area contributed by atoms with Crippen LogP contribution in [0.25, 0.3) is 10.9 Å². The van der Waals surface area contributed by atoms with Gasteiger partial charge >= 0.3 is 0 Å². The Morgan fingerprint density at radius 2 is 1.69 bits per heavy atom. The van der Waals surface area contributed by atoms with Crippen molar-refractivity contribution in [3.63, 3.8) is 0 Å². The molecule has 26 heavy (non-hydrogen) atoms. The summed E-state index contributed by atoms with van der Waals surface area (Å²) in [4.78, 5) is 29.1. The minimum absolute atomic E-state index is 0.102. The second-order valence-corrected chi connectivity index (χ2v) is 7.11. The van der Waals surface area contributed by atoms with Gasteiger partial charge < -0.3 is 10.6 Å². The minimum Gasteiger partial charge on any atom is -0.326 e. The topological polar surface area (TPSA) is 71.1 Å². The Balaban J connectivity index is 1.82. The molecule has 5 heteroatoms. The van der Waals surface area contributed by atoms with E-state index in [1.807, 2.05) is 51.1 Å². The number of hydrogen-bond acceptors (Lipinski definition) is 3. The smallest absolute Gasteiger partial charge is 0.255 e. The van der Waals surface area contributed by atoms with Crippen molar-refractivity contribution in [1.29, 1.82) is 0 Å². The number of nitrogens with one attached hydrogen (secondary N) is 2. The van der Waals surface area contributed by atoms with E-state index in [1.165, 1.54) is 0 Å². The Labute approximate surface area is 152 Å². The normalized spacial score (nSPS) is 11.2. The van der Waals surface area contributed by atoms with Crippen LogP contribution in [0.1, 0.15) is 31.1 Å². The SMILES string of the molecule is CC(C)(C)C(=O)Nc1cccc(C(=O)Nc2cccc3ncccc23)c1. The van der Waals surface area contributed by atoms with Gasteiger partial charge in [0.05, 0.1) is 11.2 Å². The molecule has 0 atom stereocenters. The van der Waals surface area contributed by atoms with Crippen molar-refractivity contribution >= 4 is 34.1 Å².